The zero-order valence-electron chi connectivity index (χ0n) is 17.3. The highest BCUT2D eigenvalue weighted by Gasteiger charge is 2.43. The molecular formula is C25H17BrFNO5. The van der Waals surface area contributed by atoms with Crippen molar-refractivity contribution in [3.8, 4) is 11.5 Å². The first-order valence-corrected chi connectivity index (χ1v) is 10.9. The molecule has 0 fully saturated rings. The van der Waals surface area contributed by atoms with Crippen LogP contribution in [0.25, 0.3) is 11.0 Å². The van der Waals surface area contributed by atoms with Gasteiger partial charge in [0.15, 0.2) is 16.9 Å². The topological polar surface area (TPSA) is 80.0 Å². The van der Waals surface area contributed by atoms with Gasteiger partial charge in [0, 0.05) is 6.54 Å². The molecule has 2 heterocycles. The smallest absolute Gasteiger partial charge is 0.291 e. The number of aromatic hydroxyl groups is 1. The Kier molecular flexibility index (Phi) is 5.17. The lowest BCUT2D eigenvalue weighted by Crippen LogP contribution is -2.29. The third-order valence-corrected chi connectivity index (χ3v) is 6.31. The molecule has 1 atom stereocenters. The Labute approximate surface area is 196 Å². The van der Waals surface area contributed by atoms with E-state index in [9.17, 15) is 19.1 Å². The normalized spacial score (nSPS) is 15.2. The number of carbonyl (C=O) groups is 1. The Morgan fingerprint density at radius 3 is 2.61 bits per heavy atom. The highest BCUT2D eigenvalue weighted by Crippen LogP contribution is 2.44. The van der Waals surface area contributed by atoms with Gasteiger partial charge < -0.3 is 19.2 Å². The van der Waals surface area contributed by atoms with Gasteiger partial charge in [0.1, 0.15) is 11.4 Å². The van der Waals surface area contributed by atoms with Gasteiger partial charge in [-0.2, -0.15) is 0 Å². The zero-order valence-corrected chi connectivity index (χ0v) is 18.9. The van der Waals surface area contributed by atoms with Crippen LogP contribution in [0.3, 0.4) is 0 Å². The lowest BCUT2D eigenvalue weighted by Gasteiger charge is -2.26. The number of carbonyl (C=O) groups excluding carboxylic acids is 1. The van der Waals surface area contributed by atoms with Gasteiger partial charge in [-0.15, -0.1) is 0 Å². The maximum Gasteiger partial charge on any atom is 0.291 e. The number of fused-ring (bicyclic) bond motifs is 2. The number of rotatable bonds is 4. The number of phenols is 1. The minimum Gasteiger partial charge on any atom is -0.503 e. The van der Waals surface area contributed by atoms with E-state index in [4.69, 9.17) is 9.15 Å². The second kappa shape index (κ2) is 8.04. The molecule has 3 aromatic carbocycles. The SMILES string of the molecule is COc1cc(C2c3c(oc4ccc(F)cc4c3=O)C(=O)N2Cc2ccccc2)cc(Br)c1O. The molecule has 166 valence electrons. The summed E-state index contributed by atoms with van der Waals surface area (Å²) in [6, 6.07) is 15.3. The fraction of sp³-hybridized carbons (Fsp3) is 0.120. The van der Waals surface area contributed by atoms with Crippen LogP contribution in [0.5, 0.6) is 11.5 Å². The highest BCUT2D eigenvalue weighted by atomic mass is 79.9. The third kappa shape index (κ3) is 3.47. The van der Waals surface area contributed by atoms with E-state index in [2.05, 4.69) is 15.9 Å². The van der Waals surface area contributed by atoms with Gasteiger partial charge in [-0.3, -0.25) is 9.59 Å². The Morgan fingerprint density at radius 2 is 1.88 bits per heavy atom. The van der Waals surface area contributed by atoms with Crippen LogP contribution in [-0.4, -0.2) is 23.0 Å². The van der Waals surface area contributed by atoms with Crippen molar-refractivity contribution in [1.82, 2.24) is 4.90 Å². The number of hydrogen-bond acceptors (Lipinski definition) is 5. The summed E-state index contributed by atoms with van der Waals surface area (Å²) in [5, 5.41) is 10.3. The summed E-state index contributed by atoms with van der Waals surface area (Å²) in [6.07, 6.45) is 0. The number of benzene rings is 3. The standard InChI is InChI=1S/C25H17BrFNO5/c1-32-19-10-14(9-17(26)23(19)30)21-20-22(29)16-11-15(27)7-8-18(16)33-24(20)25(31)28(21)12-13-5-3-2-4-6-13/h2-11,21,30H,12H2,1H3. The van der Waals surface area contributed by atoms with Crippen molar-refractivity contribution < 1.29 is 23.4 Å². The Bertz CT molecular complexity index is 1470. The predicted molar refractivity (Wildman–Crippen MR) is 123 cm³/mol. The first-order valence-electron chi connectivity index (χ1n) is 10.1. The maximum atomic E-state index is 13.9. The molecule has 0 radical (unpaired) electrons. The van der Waals surface area contributed by atoms with E-state index >= 15 is 0 Å². The van der Waals surface area contributed by atoms with Crippen LogP contribution in [0.1, 0.15) is 33.3 Å². The van der Waals surface area contributed by atoms with Gasteiger partial charge >= 0.3 is 0 Å². The highest BCUT2D eigenvalue weighted by molar-refractivity contribution is 9.10. The largest absolute Gasteiger partial charge is 0.503 e. The molecule has 5 rings (SSSR count). The van der Waals surface area contributed by atoms with Crippen LogP contribution in [-0.2, 0) is 6.54 Å². The number of hydrogen-bond donors (Lipinski definition) is 1. The van der Waals surface area contributed by atoms with Gasteiger partial charge in [-0.1, -0.05) is 30.3 Å². The molecular weight excluding hydrogens is 493 g/mol. The van der Waals surface area contributed by atoms with Gasteiger partial charge in [0.25, 0.3) is 5.91 Å². The van der Waals surface area contributed by atoms with Gasteiger partial charge in [0.05, 0.1) is 28.6 Å². The van der Waals surface area contributed by atoms with Crippen LogP contribution < -0.4 is 10.2 Å². The fourth-order valence-electron chi connectivity index (χ4n) is 4.19. The molecule has 4 aromatic rings. The summed E-state index contributed by atoms with van der Waals surface area (Å²) in [5.74, 6) is -1.04. The van der Waals surface area contributed by atoms with Crippen LogP contribution in [0.15, 0.2) is 74.3 Å². The first-order chi connectivity index (χ1) is 15.9. The van der Waals surface area contributed by atoms with Crippen LogP contribution in [0.4, 0.5) is 4.39 Å². The predicted octanol–water partition coefficient (Wildman–Crippen LogP) is 5.15. The van der Waals surface area contributed by atoms with Crippen LogP contribution in [0, 0.1) is 5.82 Å². The van der Waals surface area contributed by atoms with Crippen LogP contribution >= 0.6 is 15.9 Å². The van der Waals surface area contributed by atoms with E-state index in [1.807, 2.05) is 30.3 Å². The molecule has 1 aliphatic rings. The molecule has 33 heavy (non-hydrogen) atoms. The number of amides is 1. The van der Waals surface area contributed by atoms with Crippen molar-refractivity contribution >= 4 is 32.8 Å². The molecule has 1 aliphatic heterocycles. The van der Waals surface area contributed by atoms with E-state index in [1.165, 1.54) is 24.1 Å². The van der Waals surface area contributed by atoms with Gasteiger partial charge in [-0.05, 0) is 57.4 Å². The zero-order chi connectivity index (χ0) is 23.3. The number of ether oxygens (including phenoxy) is 1. The van der Waals surface area contributed by atoms with Gasteiger partial charge in [0.2, 0.25) is 5.76 Å². The van der Waals surface area contributed by atoms with Crippen molar-refractivity contribution in [2.24, 2.45) is 0 Å². The number of nitrogens with zero attached hydrogens (tertiary/aromatic N) is 1. The van der Waals surface area contributed by atoms with E-state index in [1.54, 1.807) is 12.1 Å². The molecule has 1 unspecified atom stereocenters. The molecule has 6 nitrogen and oxygen atoms in total. The van der Waals surface area contributed by atoms with Crippen molar-refractivity contribution in [1.29, 1.82) is 0 Å². The molecule has 0 bridgehead atoms. The van der Waals surface area contributed by atoms with Crippen molar-refractivity contribution in [3.05, 3.63) is 104 Å². The summed E-state index contributed by atoms with van der Waals surface area (Å²) in [7, 11) is 1.41. The van der Waals surface area contributed by atoms with Crippen molar-refractivity contribution in [2.75, 3.05) is 7.11 Å². The molecule has 8 heteroatoms. The minimum atomic E-state index is -0.831. The number of methoxy groups -OCH3 is 1. The summed E-state index contributed by atoms with van der Waals surface area (Å²) >= 11 is 3.31. The molecule has 1 N–H and O–H groups in total. The fourth-order valence-corrected chi connectivity index (χ4v) is 4.65. The molecule has 0 aliphatic carbocycles. The van der Waals surface area contributed by atoms with Crippen molar-refractivity contribution in [2.45, 2.75) is 12.6 Å². The Morgan fingerprint density at radius 1 is 1.12 bits per heavy atom. The monoisotopic (exact) mass is 509 g/mol. The van der Waals surface area contributed by atoms with Crippen molar-refractivity contribution in [3.63, 3.8) is 0 Å². The minimum absolute atomic E-state index is 0.0536. The third-order valence-electron chi connectivity index (χ3n) is 5.71. The second-order valence-electron chi connectivity index (χ2n) is 7.69. The summed E-state index contributed by atoms with van der Waals surface area (Å²) in [6.45, 7) is 0.208. The van der Waals surface area contributed by atoms with E-state index in [0.717, 1.165) is 11.6 Å². The Balaban J connectivity index is 1.77. The van der Waals surface area contributed by atoms with Crippen LogP contribution in [0.2, 0.25) is 0 Å². The first kappa shape index (κ1) is 21.2. The summed E-state index contributed by atoms with van der Waals surface area (Å²) in [4.78, 5) is 28.5. The lowest BCUT2D eigenvalue weighted by atomic mass is 9.97. The quantitative estimate of drug-likeness (QED) is 0.411. The molecule has 0 spiro atoms. The molecule has 0 saturated heterocycles. The van der Waals surface area contributed by atoms with E-state index in [0.29, 0.717) is 10.0 Å². The average Bonchev–Trinajstić information content (AvgIpc) is 3.08. The summed E-state index contributed by atoms with van der Waals surface area (Å²) < 4.78 is 25.4. The number of phenolic OH excluding ortho intramolecular Hbond substituents is 1. The van der Waals surface area contributed by atoms with Gasteiger partial charge in [-0.25, -0.2) is 4.39 Å². The average molecular weight is 510 g/mol. The molecule has 1 amide bonds. The second-order valence-corrected chi connectivity index (χ2v) is 8.54. The molecule has 0 saturated carbocycles. The van der Waals surface area contributed by atoms with E-state index < -0.39 is 23.2 Å². The maximum absolute atomic E-state index is 13.9. The molecule has 1 aromatic heterocycles. The van der Waals surface area contributed by atoms with E-state index in [-0.39, 0.29) is 40.3 Å². The summed E-state index contributed by atoms with van der Waals surface area (Å²) in [5.41, 5.74) is 1.16. The lowest BCUT2D eigenvalue weighted by molar-refractivity contribution is 0.0714. The number of halogens is 2. The Hall–Kier alpha value is -3.65.